The first-order chi connectivity index (χ1) is 10.2. The van der Waals surface area contributed by atoms with Crippen molar-refractivity contribution in [3.8, 4) is 0 Å². The van der Waals surface area contributed by atoms with Crippen molar-refractivity contribution in [2.24, 2.45) is 5.92 Å². The molecule has 2 fully saturated rings. The lowest BCUT2D eigenvalue weighted by molar-refractivity contribution is 0.327. The van der Waals surface area contributed by atoms with Gasteiger partial charge in [0.25, 0.3) is 5.56 Å². The van der Waals surface area contributed by atoms with Crippen molar-refractivity contribution in [1.29, 1.82) is 0 Å². The van der Waals surface area contributed by atoms with E-state index in [1.54, 1.807) is 17.0 Å². The summed E-state index contributed by atoms with van der Waals surface area (Å²) in [5.74, 6) is 1.28. The highest BCUT2D eigenvalue weighted by atomic mass is 16.1. The Morgan fingerprint density at radius 2 is 2.19 bits per heavy atom. The van der Waals surface area contributed by atoms with Crippen molar-refractivity contribution in [3.05, 3.63) is 22.7 Å². The van der Waals surface area contributed by atoms with E-state index in [9.17, 15) is 4.79 Å². The van der Waals surface area contributed by atoms with Crippen LogP contribution in [0.5, 0.6) is 0 Å². The zero-order chi connectivity index (χ0) is 14.8. The molecule has 0 amide bonds. The fourth-order valence-corrected chi connectivity index (χ4v) is 3.68. The maximum absolute atomic E-state index is 12.6. The van der Waals surface area contributed by atoms with E-state index in [1.165, 1.54) is 19.3 Å². The lowest BCUT2D eigenvalue weighted by atomic mass is 9.90. The third-order valence-electron chi connectivity index (χ3n) is 4.83. The van der Waals surface area contributed by atoms with Gasteiger partial charge in [-0.05, 0) is 52.0 Å². The molecule has 21 heavy (non-hydrogen) atoms. The van der Waals surface area contributed by atoms with Crippen LogP contribution in [0.3, 0.4) is 0 Å². The minimum Gasteiger partial charge on any atom is -0.352 e. The van der Waals surface area contributed by atoms with Crippen LogP contribution in [0.15, 0.2) is 17.2 Å². The van der Waals surface area contributed by atoms with Gasteiger partial charge >= 0.3 is 0 Å². The van der Waals surface area contributed by atoms with Crippen LogP contribution in [0.4, 0.5) is 5.82 Å². The van der Waals surface area contributed by atoms with Crippen LogP contribution in [0.25, 0.3) is 0 Å². The number of aromatic nitrogens is 2. The summed E-state index contributed by atoms with van der Waals surface area (Å²) in [6, 6.07) is 0.806. The highest BCUT2D eigenvalue weighted by molar-refractivity contribution is 5.36. The molecule has 5 heteroatoms. The van der Waals surface area contributed by atoms with Gasteiger partial charge in [0, 0.05) is 37.6 Å². The average Bonchev–Trinajstić information content (AvgIpc) is 3.01. The highest BCUT2D eigenvalue weighted by Crippen LogP contribution is 2.26. The second-order valence-corrected chi connectivity index (χ2v) is 6.61. The lowest BCUT2D eigenvalue weighted by Crippen LogP contribution is -2.46. The molecular formula is C16H26N4O. The first-order valence-corrected chi connectivity index (χ1v) is 8.22. The quantitative estimate of drug-likeness (QED) is 0.922. The molecule has 2 saturated heterocycles. The van der Waals surface area contributed by atoms with Gasteiger partial charge in [-0.25, -0.2) is 4.98 Å². The summed E-state index contributed by atoms with van der Waals surface area (Å²) in [5, 5.41) is 3.61. The van der Waals surface area contributed by atoms with E-state index in [-0.39, 0.29) is 11.6 Å². The Labute approximate surface area is 126 Å². The Balaban J connectivity index is 1.80. The number of rotatable bonds is 3. The van der Waals surface area contributed by atoms with E-state index in [2.05, 4.69) is 15.2 Å². The van der Waals surface area contributed by atoms with Crippen molar-refractivity contribution in [3.63, 3.8) is 0 Å². The lowest BCUT2D eigenvalue weighted by Gasteiger charge is -2.36. The molecule has 0 saturated carbocycles. The van der Waals surface area contributed by atoms with E-state index >= 15 is 0 Å². The Kier molecular flexibility index (Phi) is 4.29. The van der Waals surface area contributed by atoms with Crippen molar-refractivity contribution in [2.45, 2.75) is 51.6 Å². The van der Waals surface area contributed by atoms with E-state index in [0.717, 1.165) is 26.1 Å². The van der Waals surface area contributed by atoms with Crippen LogP contribution in [-0.4, -0.2) is 35.2 Å². The molecule has 2 unspecified atom stereocenters. The van der Waals surface area contributed by atoms with E-state index < -0.39 is 0 Å². The zero-order valence-electron chi connectivity index (χ0n) is 13.1. The molecule has 1 aromatic rings. The van der Waals surface area contributed by atoms with Crippen molar-refractivity contribution in [2.75, 3.05) is 24.5 Å². The molecule has 3 heterocycles. The van der Waals surface area contributed by atoms with Gasteiger partial charge in [0.2, 0.25) is 0 Å². The van der Waals surface area contributed by atoms with Gasteiger partial charge in [0.1, 0.15) is 0 Å². The third-order valence-corrected chi connectivity index (χ3v) is 4.83. The molecule has 5 nitrogen and oxygen atoms in total. The van der Waals surface area contributed by atoms with Crippen LogP contribution in [0.2, 0.25) is 0 Å². The summed E-state index contributed by atoms with van der Waals surface area (Å²) < 4.78 is 1.78. The highest BCUT2D eigenvalue weighted by Gasteiger charge is 2.30. The summed E-state index contributed by atoms with van der Waals surface area (Å²) in [7, 11) is 0. The van der Waals surface area contributed by atoms with Crippen LogP contribution in [0.1, 0.15) is 45.6 Å². The molecule has 2 aliphatic rings. The Bertz CT molecular complexity index is 533. The van der Waals surface area contributed by atoms with Gasteiger partial charge in [-0.15, -0.1) is 0 Å². The van der Waals surface area contributed by atoms with Gasteiger partial charge in [-0.1, -0.05) is 0 Å². The normalized spacial score (nSPS) is 26.5. The molecular weight excluding hydrogens is 264 g/mol. The molecule has 3 rings (SSSR count). The van der Waals surface area contributed by atoms with Gasteiger partial charge < -0.3 is 14.8 Å². The van der Waals surface area contributed by atoms with Gasteiger partial charge in [0.05, 0.1) is 0 Å². The number of anilines is 1. The minimum absolute atomic E-state index is 0.0486. The second kappa shape index (κ2) is 6.18. The Morgan fingerprint density at radius 1 is 1.33 bits per heavy atom. The maximum atomic E-state index is 12.6. The fraction of sp³-hybridized carbons (Fsp3) is 0.750. The van der Waals surface area contributed by atoms with E-state index in [1.807, 2.05) is 13.8 Å². The smallest absolute Gasteiger partial charge is 0.293 e. The predicted octanol–water partition coefficient (Wildman–Crippen LogP) is 1.79. The average molecular weight is 290 g/mol. The molecule has 0 spiro atoms. The van der Waals surface area contributed by atoms with Crippen LogP contribution < -0.4 is 15.8 Å². The van der Waals surface area contributed by atoms with Crippen molar-refractivity contribution < 1.29 is 0 Å². The Hall–Kier alpha value is -1.36. The monoisotopic (exact) mass is 290 g/mol. The fourth-order valence-electron chi connectivity index (χ4n) is 3.68. The molecule has 2 aliphatic heterocycles. The molecule has 1 N–H and O–H groups in total. The molecule has 0 radical (unpaired) electrons. The predicted molar refractivity (Wildman–Crippen MR) is 84.8 cm³/mol. The maximum Gasteiger partial charge on any atom is 0.293 e. The summed E-state index contributed by atoms with van der Waals surface area (Å²) in [6.07, 6.45) is 8.52. The first-order valence-electron chi connectivity index (χ1n) is 8.22. The molecule has 0 aromatic carbocycles. The summed E-state index contributed by atoms with van der Waals surface area (Å²) in [5.41, 5.74) is 0.0486. The molecule has 2 atom stereocenters. The minimum atomic E-state index is 0.0486. The van der Waals surface area contributed by atoms with Gasteiger partial charge in [0.15, 0.2) is 5.82 Å². The van der Waals surface area contributed by atoms with Crippen molar-refractivity contribution >= 4 is 5.82 Å². The Morgan fingerprint density at radius 3 is 2.90 bits per heavy atom. The summed E-state index contributed by atoms with van der Waals surface area (Å²) in [4.78, 5) is 19.2. The first kappa shape index (κ1) is 14.6. The SMILES string of the molecule is CC(C)n1ccnc(N2CCCC(C3CCCN3)C2)c1=O. The van der Waals surface area contributed by atoms with Crippen molar-refractivity contribution in [1.82, 2.24) is 14.9 Å². The third kappa shape index (κ3) is 2.98. The second-order valence-electron chi connectivity index (χ2n) is 6.61. The topological polar surface area (TPSA) is 50.2 Å². The van der Waals surface area contributed by atoms with E-state index in [4.69, 9.17) is 0 Å². The molecule has 0 bridgehead atoms. The number of hydrogen-bond acceptors (Lipinski definition) is 4. The number of piperidine rings is 1. The summed E-state index contributed by atoms with van der Waals surface area (Å²) >= 11 is 0. The number of nitrogens with zero attached hydrogens (tertiary/aromatic N) is 3. The molecule has 116 valence electrons. The molecule has 0 aliphatic carbocycles. The number of nitrogens with one attached hydrogen (secondary N) is 1. The van der Waals surface area contributed by atoms with Crippen LogP contribution in [0, 0.1) is 5.92 Å². The zero-order valence-corrected chi connectivity index (χ0v) is 13.1. The van der Waals surface area contributed by atoms with Crippen LogP contribution in [-0.2, 0) is 0 Å². The largest absolute Gasteiger partial charge is 0.352 e. The van der Waals surface area contributed by atoms with Gasteiger partial charge in [-0.3, -0.25) is 4.79 Å². The number of hydrogen-bond donors (Lipinski definition) is 1. The van der Waals surface area contributed by atoms with Gasteiger partial charge in [-0.2, -0.15) is 0 Å². The molecule has 1 aromatic heterocycles. The standard InChI is InChI=1S/C16H26N4O/c1-12(2)20-10-8-18-15(16(20)21)19-9-4-5-13(11-19)14-6-3-7-17-14/h8,10,12-14,17H,3-7,9,11H2,1-2H3. The van der Waals surface area contributed by atoms with Crippen LogP contribution >= 0.6 is 0 Å². The van der Waals surface area contributed by atoms with E-state index in [0.29, 0.717) is 17.8 Å². The summed E-state index contributed by atoms with van der Waals surface area (Å²) in [6.45, 7) is 7.12.